The second-order valence-corrected chi connectivity index (χ2v) is 7.53. The van der Waals surface area contributed by atoms with Crippen LogP contribution in [0, 0.1) is 18.3 Å². The van der Waals surface area contributed by atoms with E-state index in [1.165, 1.54) is 6.20 Å². The van der Waals surface area contributed by atoms with Gasteiger partial charge in [0, 0.05) is 29.4 Å². The van der Waals surface area contributed by atoms with Crippen molar-refractivity contribution in [2.75, 3.05) is 17.7 Å². The van der Waals surface area contributed by atoms with E-state index in [9.17, 15) is 5.26 Å². The Bertz CT molecular complexity index is 1570. The number of ether oxygens (including phenoxy) is 2. The van der Waals surface area contributed by atoms with Gasteiger partial charge in [0.15, 0.2) is 5.65 Å². The molecule has 168 valence electrons. The van der Waals surface area contributed by atoms with Gasteiger partial charge in [0.05, 0.1) is 29.1 Å². The minimum absolute atomic E-state index is 0.403. The molecule has 34 heavy (non-hydrogen) atoms. The molecule has 0 atom stereocenters. The molecule has 0 radical (unpaired) electrons. The fraction of sp³-hybridized carbons (Fsp3) is 0.125. The topological polar surface area (TPSA) is 136 Å². The van der Waals surface area contributed by atoms with Gasteiger partial charge in [0.1, 0.15) is 30.2 Å². The number of nitrogens with one attached hydrogen (secondary N) is 1. The highest BCUT2D eigenvalue weighted by Crippen LogP contribution is 2.35. The van der Waals surface area contributed by atoms with E-state index in [-0.39, 0.29) is 0 Å². The highest BCUT2D eigenvalue weighted by atomic mass is 16.5. The van der Waals surface area contributed by atoms with Crippen molar-refractivity contribution in [2.24, 2.45) is 0 Å². The van der Waals surface area contributed by atoms with Crippen molar-refractivity contribution in [3.8, 4) is 23.4 Å². The van der Waals surface area contributed by atoms with Gasteiger partial charge in [-0.2, -0.15) is 5.26 Å². The van der Waals surface area contributed by atoms with E-state index in [1.54, 1.807) is 35.3 Å². The molecule has 10 nitrogen and oxygen atoms in total. The summed E-state index contributed by atoms with van der Waals surface area (Å²) in [7, 11) is 0. The van der Waals surface area contributed by atoms with Gasteiger partial charge >= 0.3 is 0 Å². The van der Waals surface area contributed by atoms with Gasteiger partial charge in [-0.25, -0.2) is 4.98 Å². The van der Waals surface area contributed by atoms with Gasteiger partial charge in [-0.15, -0.1) is 10.2 Å². The lowest BCUT2D eigenvalue weighted by Gasteiger charge is -2.15. The van der Waals surface area contributed by atoms with Crippen molar-refractivity contribution < 1.29 is 9.47 Å². The van der Waals surface area contributed by atoms with E-state index >= 15 is 0 Å². The number of pyridine rings is 1. The number of hydrogen-bond donors (Lipinski definition) is 2. The van der Waals surface area contributed by atoms with E-state index in [2.05, 4.69) is 31.6 Å². The van der Waals surface area contributed by atoms with Crippen LogP contribution in [-0.2, 0) is 0 Å². The Balaban J connectivity index is 1.46. The monoisotopic (exact) mass is 452 g/mol. The molecular formula is C24H20N8O2. The Morgan fingerprint density at radius 2 is 2.00 bits per heavy atom. The molecule has 0 aliphatic carbocycles. The molecule has 0 amide bonds. The highest BCUT2D eigenvalue weighted by molar-refractivity contribution is 5.98. The Morgan fingerprint density at radius 1 is 1.12 bits per heavy atom. The second kappa shape index (κ2) is 8.55. The summed E-state index contributed by atoms with van der Waals surface area (Å²) >= 11 is 0. The van der Waals surface area contributed by atoms with E-state index in [0.29, 0.717) is 52.1 Å². The largest absolute Gasteiger partial charge is 0.492 e. The lowest BCUT2D eigenvalue weighted by Crippen LogP contribution is -2.01. The number of rotatable bonds is 6. The summed E-state index contributed by atoms with van der Waals surface area (Å²) in [5.74, 6) is 1.62. The van der Waals surface area contributed by atoms with Gasteiger partial charge in [-0.1, -0.05) is 0 Å². The van der Waals surface area contributed by atoms with Crippen LogP contribution in [0.15, 0.2) is 55.2 Å². The zero-order valence-corrected chi connectivity index (χ0v) is 18.5. The maximum absolute atomic E-state index is 9.66. The van der Waals surface area contributed by atoms with E-state index in [4.69, 9.17) is 15.2 Å². The summed E-state index contributed by atoms with van der Waals surface area (Å²) in [4.78, 5) is 8.67. The number of hydrogen-bond acceptors (Lipinski definition) is 9. The SMILES string of the molecule is CCOc1cc2ncc(C#N)c(Nc3ccc(Oc4cc5nncn5cn4)c(C)c3)c2cc1N. The quantitative estimate of drug-likeness (QED) is 0.360. The molecule has 10 heteroatoms. The predicted molar refractivity (Wildman–Crippen MR) is 127 cm³/mol. The van der Waals surface area contributed by atoms with Crippen molar-refractivity contribution in [1.29, 1.82) is 5.26 Å². The average Bonchev–Trinajstić information content (AvgIpc) is 3.30. The van der Waals surface area contributed by atoms with Gasteiger partial charge in [-0.3, -0.25) is 9.38 Å². The molecule has 0 saturated carbocycles. The van der Waals surface area contributed by atoms with Crippen LogP contribution in [0.4, 0.5) is 17.1 Å². The first kappa shape index (κ1) is 21.0. The number of aryl methyl sites for hydroxylation is 1. The Hall–Kier alpha value is -4.91. The van der Waals surface area contributed by atoms with Crippen molar-refractivity contribution in [2.45, 2.75) is 13.8 Å². The fourth-order valence-electron chi connectivity index (χ4n) is 3.60. The Kier molecular flexibility index (Phi) is 5.27. The van der Waals surface area contributed by atoms with Crippen LogP contribution >= 0.6 is 0 Å². The maximum atomic E-state index is 9.66. The molecule has 2 aromatic carbocycles. The maximum Gasteiger partial charge on any atom is 0.224 e. The molecule has 0 unspecified atom stereocenters. The van der Waals surface area contributed by atoms with Crippen LogP contribution in [0.25, 0.3) is 16.6 Å². The molecule has 0 spiro atoms. The predicted octanol–water partition coefficient (Wildman–Crippen LogP) is 4.37. The summed E-state index contributed by atoms with van der Waals surface area (Å²) in [6.45, 7) is 4.31. The Labute approximate surface area is 194 Å². The Morgan fingerprint density at radius 3 is 2.79 bits per heavy atom. The normalized spacial score (nSPS) is 10.9. The number of anilines is 3. The zero-order valence-electron chi connectivity index (χ0n) is 18.5. The zero-order chi connectivity index (χ0) is 23.7. The molecule has 3 aromatic heterocycles. The lowest BCUT2D eigenvalue weighted by molar-refractivity contribution is 0.342. The minimum atomic E-state index is 0.403. The molecular weight excluding hydrogens is 432 g/mol. The molecule has 5 rings (SSSR count). The molecule has 0 aliphatic rings. The minimum Gasteiger partial charge on any atom is -0.492 e. The summed E-state index contributed by atoms with van der Waals surface area (Å²) in [6.07, 6.45) is 4.70. The lowest BCUT2D eigenvalue weighted by atomic mass is 10.1. The van der Waals surface area contributed by atoms with Crippen LogP contribution in [0.5, 0.6) is 17.4 Å². The fourth-order valence-corrected chi connectivity index (χ4v) is 3.60. The molecule has 0 saturated heterocycles. The number of nitriles is 1. The van der Waals surface area contributed by atoms with Gasteiger partial charge in [0.25, 0.3) is 0 Å². The first-order chi connectivity index (χ1) is 16.6. The molecule has 0 bridgehead atoms. The third-order valence-corrected chi connectivity index (χ3v) is 5.24. The number of benzene rings is 2. The molecule has 3 N–H and O–H groups in total. The summed E-state index contributed by atoms with van der Waals surface area (Å²) < 4.78 is 13.2. The molecule has 0 fully saturated rings. The third kappa shape index (κ3) is 3.86. The highest BCUT2D eigenvalue weighted by Gasteiger charge is 2.14. The first-order valence-corrected chi connectivity index (χ1v) is 10.5. The van der Waals surface area contributed by atoms with Crippen LogP contribution in [0.3, 0.4) is 0 Å². The van der Waals surface area contributed by atoms with E-state index in [1.807, 2.05) is 32.0 Å². The van der Waals surface area contributed by atoms with Crippen molar-refractivity contribution in [3.63, 3.8) is 0 Å². The van der Waals surface area contributed by atoms with Gasteiger partial charge in [0.2, 0.25) is 5.88 Å². The molecule has 5 aromatic rings. The van der Waals surface area contributed by atoms with Crippen LogP contribution in [-0.4, -0.2) is 31.2 Å². The van der Waals surface area contributed by atoms with Crippen LogP contribution in [0.2, 0.25) is 0 Å². The third-order valence-electron chi connectivity index (χ3n) is 5.24. The smallest absolute Gasteiger partial charge is 0.224 e. The number of aromatic nitrogens is 5. The van der Waals surface area contributed by atoms with Crippen molar-refractivity contribution in [1.82, 2.24) is 24.6 Å². The van der Waals surface area contributed by atoms with E-state index < -0.39 is 0 Å². The van der Waals surface area contributed by atoms with Crippen molar-refractivity contribution in [3.05, 3.63) is 66.4 Å². The van der Waals surface area contributed by atoms with Crippen LogP contribution < -0.4 is 20.5 Å². The molecule has 3 heterocycles. The van der Waals surface area contributed by atoms with Crippen LogP contribution in [0.1, 0.15) is 18.1 Å². The number of nitrogen functional groups attached to an aromatic ring is 1. The summed E-state index contributed by atoms with van der Waals surface area (Å²) in [5.41, 5.74) is 10.6. The standard InChI is InChI=1S/C24H20N8O2/c1-3-33-21-8-19-17(7-18(21)26)24(15(10-25)11-27-19)30-16-4-5-20(14(2)6-16)34-23-9-22-31-29-13-32(22)12-28-23/h4-9,11-13H,3,26H2,1-2H3,(H,27,30). The summed E-state index contributed by atoms with van der Waals surface area (Å²) in [5, 5.41) is 21.6. The second-order valence-electron chi connectivity index (χ2n) is 7.53. The first-order valence-electron chi connectivity index (χ1n) is 10.5. The van der Waals surface area contributed by atoms with Crippen molar-refractivity contribution >= 4 is 33.6 Å². The number of fused-ring (bicyclic) bond motifs is 2. The average molecular weight is 452 g/mol. The van der Waals surface area contributed by atoms with Gasteiger partial charge < -0.3 is 20.5 Å². The summed E-state index contributed by atoms with van der Waals surface area (Å²) in [6, 6.07) is 13.1. The number of nitrogens with two attached hydrogens (primary N) is 1. The van der Waals surface area contributed by atoms with E-state index in [0.717, 1.165) is 16.6 Å². The number of nitrogens with zero attached hydrogens (tertiary/aromatic N) is 6. The van der Waals surface area contributed by atoms with Gasteiger partial charge in [-0.05, 0) is 43.7 Å². The molecule has 0 aliphatic heterocycles.